The van der Waals surface area contributed by atoms with Gasteiger partial charge in [0, 0.05) is 23.9 Å². The summed E-state index contributed by atoms with van der Waals surface area (Å²) in [7, 11) is 0. The van der Waals surface area contributed by atoms with E-state index in [4.69, 9.17) is 16.0 Å². The van der Waals surface area contributed by atoms with Gasteiger partial charge in [-0.05, 0) is 23.8 Å². The third kappa shape index (κ3) is 4.58. The van der Waals surface area contributed by atoms with Crippen LogP contribution in [0.1, 0.15) is 17.9 Å². The molecule has 0 aliphatic rings. The molecule has 2 aromatic heterocycles. The van der Waals surface area contributed by atoms with Crippen molar-refractivity contribution in [2.75, 3.05) is 5.32 Å². The van der Waals surface area contributed by atoms with Crippen molar-refractivity contribution in [2.45, 2.75) is 19.4 Å². The summed E-state index contributed by atoms with van der Waals surface area (Å²) in [5.41, 5.74) is 1.24. The van der Waals surface area contributed by atoms with Crippen LogP contribution in [0, 0.1) is 5.82 Å². The predicted molar refractivity (Wildman–Crippen MR) is 112 cm³/mol. The fourth-order valence-electron chi connectivity index (χ4n) is 2.99. The van der Waals surface area contributed by atoms with Crippen molar-refractivity contribution in [3.8, 4) is 11.3 Å². The second-order valence-electron chi connectivity index (χ2n) is 6.61. The highest BCUT2D eigenvalue weighted by molar-refractivity contribution is 6.31. The third-order valence-electron chi connectivity index (χ3n) is 4.52. The van der Waals surface area contributed by atoms with Crippen LogP contribution in [0.3, 0.4) is 0 Å². The van der Waals surface area contributed by atoms with Crippen molar-refractivity contribution in [1.82, 2.24) is 14.8 Å². The van der Waals surface area contributed by atoms with Crippen LogP contribution in [-0.4, -0.2) is 20.7 Å². The van der Waals surface area contributed by atoms with E-state index < -0.39 is 0 Å². The number of carbonyl (C=O) groups excluding carboxylic acids is 1. The van der Waals surface area contributed by atoms with Gasteiger partial charge in [0.25, 0.3) is 0 Å². The Morgan fingerprint density at radius 2 is 1.93 bits per heavy atom. The number of oxazole rings is 1. The molecule has 4 rings (SSSR count). The Balaban J connectivity index is 1.36. The summed E-state index contributed by atoms with van der Waals surface area (Å²) < 4.78 is 21.1. The first-order chi connectivity index (χ1) is 14.6. The van der Waals surface area contributed by atoms with Crippen LogP contribution < -0.4 is 5.32 Å². The molecular formula is C22H18ClFN4O2. The van der Waals surface area contributed by atoms with Crippen molar-refractivity contribution in [1.29, 1.82) is 0 Å². The third-order valence-corrected chi connectivity index (χ3v) is 4.89. The minimum atomic E-state index is -0.385. The lowest BCUT2D eigenvalue weighted by molar-refractivity contribution is -0.116. The van der Waals surface area contributed by atoms with Crippen molar-refractivity contribution < 1.29 is 13.6 Å². The zero-order valence-corrected chi connectivity index (χ0v) is 16.6. The van der Waals surface area contributed by atoms with Crippen LogP contribution in [0.15, 0.2) is 71.4 Å². The van der Waals surface area contributed by atoms with E-state index in [1.54, 1.807) is 35.1 Å². The lowest BCUT2D eigenvalue weighted by Gasteiger charge is -2.10. The fraction of sp³-hybridized carbons (Fsp3) is 0.136. The van der Waals surface area contributed by atoms with E-state index in [2.05, 4.69) is 15.4 Å². The highest BCUT2D eigenvalue weighted by atomic mass is 35.5. The molecular weight excluding hydrogens is 407 g/mol. The Labute approximate surface area is 177 Å². The molecule has 2 heterocycles. The molecule has 8 heteroatoms. The average molecular weight is 425 g/mol. The molecule has 4 aromatic rings. The number of halogens is 2. The summed E-state index contributed by atoms with van der Waals surface area (Å²) in [6, 6.07) is 15.5. The van der Waals surface area contributed by atoms with Crippen LogP contribution in [0.25, 0.3) is 11.3 Å². The number of anilines is 1. The van der Waals surface area contributed by atoms with Gasteiger partial charge < -0.3 is 9.73 Å². The van der Waals surface area contributed by atoms with E-state index in [9.17, 15) is 9.18 Å². The molecule has 2 aromatic carbocycles. The van der Waals surface area contributed by atoms with E-state index in [0.717, 1.165) is 5.56 Å². The van der Waals surface area contributed by atoms with Gasteiger partial charge >= 0.3 is 0 Å². The normalized spacial score (nSPS) is 10.9. The second kappa shape index (κ2) is 8.92. The van der Waals surface area contributed by atoms with Gasteiger partial charge in [-0.15, -0.1) is 0 Å². The molecule has 30 heavy (non-hydrogen) atoms. The smallest absolute Gasteiger partial charge is 0.226 e. The first-order valence-electron chi connectivity index (χ1n) is 9.35. The fourth-order valence-corrected chi connectivity index (χ4v) is 3.19. The average Bonchev–Trinajstić information content (AvgIpc) is 3.38. The molecule has 0 aliphatic heterocycles. The van der Waals surface area contributed by atoms with Crippen molar-refractivity contribution in [3.63, 3.8) is 0 Å². The summed E-state index contributed by atoms with van der Waals surface area (Å²) in [5, 5.41) is 7.72. The predicted octanol–water partition coefficient (Wildman–Crippen LogP) is 4.95. The van der Waals surface area contributed by atoms with Crippen molar-refractivity contribution in [3.05, 3.63) is 89.3 Å². The van der Waals surface area contributed by atoms with Gasteiger partial charge in [0.2, 0.25) is 5.91 Å². The van der Waals surface area contributed by atoms with Gasteiger partial charge in [0.15, 0.2) is 11.7 Å². The standard InChI is InChI=1S/C22H18ClFN4O2/c23-17-7-3-1-5-15(17)14-28-20(11-12-26-28)27-21(29)9-10-22-25-13-19(30-22)16-6-2-4-8-18(16)24/h1-8,11-13H,9-10,14H2,(H,27,29). The van der Waals surface area contributed by atoms with Crippen LogP contribution in [0.2, 0.25) is 5.02 Å². The first kappa shape index (κ1) is 19.8. The first-order valence-corrected chi connectivity index (χ1v) is 9.72. The van der Waals surface area contributed by atoms with Gasteiger partial charge in [-0.2, -0.15) is 5.10 Å². The van der Waals surface area contributed by atoms with Gasteiger partial charge in [-0.3, -0.25) is 4.79 Å². The zero-order valence-electron chi connectivity index (χ0n) is 15.9. The second-order valence-corrected chi connectivity index (χ2v) is 7.02. The maximum absolute atomic E-state index is 13.9. The van der Waals surface area contributed by atoms with Gasteiger partial charge in [-0.25, -0.2) is 14.1 Å². The van der Waals surface area contributed by atoms with Gasteiger partial charge in [0.05, 0.1) is 24.5 Å². The van der Waals surface area contributed by atoms with E-state index >= 15 is 0 Å². The Kier molecular flexibility index (Phi) is 5.90. The Morgan fingerprint density at radius 1 is 1.13 bits per heavy atom. The number of rotatable bonds is 7. The topological polar surface area (TPSA) is 73.0 Å². The van der Waals surface area contributed by atoms with Crippen LogP contribution in [-0.2, 0) is 17.8 Å². The molecule has 0 spiro atoms. The Morgan fingerprint density at radius 3 is 2.77 bits per heavy atom. The molecule has 0 aliphatic carbocycles. The number of aromatic nitrogens is 3. The maximum atomic E-state index is 13.9. The number of hydrogen-bond donors (Lipinski definition) is 1. The molecule has 1 N–H and O–H groups in total. The molecule has 152 valence electrons. The number of benzene rings is 2. The Hall–Kier alpha value is -3.45. The van der Waals surface area contributed by atoms with Gasteiger partial charge in [0.1, 0.15) is 11.6 Å². The molecule has 6 nitrogen and oxygen atoms in total. The number of nitrogens with one attached hydrogen (secondary N) is 1. The number of carbonyl (C=O) groups is 1. The van der Waals surface area contributed by atoms with E-state index in [0.29, 0.717) is 41.0 Å². The maximum Gasteiger partial charge on any atom is 0.226 e. The number of amides is 1. The molecule has 0 saturated carbocycles. The molecule has 0 fully saturated rings. The summed E-state index contributed by atoms with van der Waals surface area (Å²) in [6.07, 6.45) is 3.53. The minimum Gasteiger partial charge on any atom is -0.441 e. The molecule has 0 atom stereocenters. The summed E-state index contributed by atoms with van der Waals surface area (Å²) in [5.74, 6) is 0.681. The quantitative estimate of drug-likeness (QED) is 0.455. The highest BCUT2D eigenvalue weighted by Crippen LogP contribution is 2.24. The minimum absolute atomic E-state index is 0.161. The zero-order chi connectivity index (χ0) is 20.9. The van der Waals surface area contributed by atoms with Crippen LogP contribution >= 0.6 is 11.6 Å². The van der Waals surface area contributed by atoms with Crippen molar-refractivity contribution in [2.24, 2.45) is 0 Å². The van der Waals surface area contributed by atoms with E-state index in [-0.39, 0.29) is 18.1 Å². The Bertz CT molecular complexity index is 1170. The number of nitrogens with zero attached hydrogens (tertiary/aromatic N) is 3. The molecule has 1 amide bonds. The van der Waals surface area contributed by atoms with E-state index in [1.807, 2.05) is 24.3 Å². The van der Waals surface area contributed by atoms with Crippen LogP contribution in [0.5, 0.6) is 0 Å². The van der Waals surface area contributed by atoms with E-state index in [1.165, 1.54) is 12.3 Å². The molecule has 0 bridgehead atoms. The largest absolute Gasteiger partial charge is 0.441 e. The number of aryl methyl sites for hydroxylation is 1. The van der Waals surface area contributed by atoms with Gasteiger partial charge in [-0.1, -0.05) is 41.9 Å². The summed E-state index contributed by atoms with van der Waals surface area (Å²) >= 11 is 6.20. The lowest BCUT2D eigenvalue weighted by atomic mass is 10.2. The lowest BCUT2D eigenvalue weighted by Crippen LogP contribution is -2.16. The van der Waals surface area contributed by atoms with Crippen molar-refractivity contribution >= 4 is 23.3 Å². The summed E-state index contributed by atoms with van der Waals surface area (Å²) in [6.45, 7) is 0.439. The molecule has 0 radical (unpaired) electrons. The highest BCUT2D eigenvalue weighted by Gasteiger charge is 2.13. The van der Waals surface area contributed by atoms with Crippen LogP contribution in [0.4, 0.5) is 10.2 Å². The SMILES string of the molecule is O=C(CCc1ncc(-c2ccccc2F)o1)Nc1ccnn1Cc1ccccc1Cl. The molecule has 0 unspecified atom stereocenters. The summed E-state index contributed by atoms with van der Waals surface area (Å²) in [4.78, 5) is 16.5. The monoisotopic (exact) mass is 424 g/mol. The number of hydrogen-bond acceptors (Lipinski definition) is 4. The molecule has 0 saturated heterocycles.